The topological polar surface area (TPSA) is 3.24 Å². The SMILES string of the molecule is CC1(C)C=CN(C2C=CCCC2)c2cc(Br)ccc21. The fraction of sp³-hybridized carbons (Fsp3) is 0.412. The zero-order chi connectivity index (χ0) is 13.5. The second-order valence-electron chi connectivity index (χ2n) is 6.03. The summed E-state index contributed by atoms with van der Waals surface area (Å²) >= 11 is 3.61. The third-order valence-corrected chi connectivity index (χ3v) is 4.66. The first-order valence-electron chi connectivity index (χ1n) is 7.02. The van der Waals surface area contributed by atoms with Gasteiger partial charge >= 0.3 is 0 Å². The highest BCUT2D eigenvalue weighted by Crippen LogP contribution is 2.41. The summed E-state index contributed by atoms with van der Waals surface area (Å²) in [5.41, 5.74) is 2.88. The molecular formula is C17H20BrN. The number of rotatable bonds is 1. The van der Waals surface area contributed by atoms with Gasteiger partial charge in [0.05, 0.1) is 6.04 Å². The third-order valence-electron chi connectivity index (χ3n) is 4.17. The highest BCUT2D eigenvalue weighted by atomic mass is 79.9. The predicted molar refractivity (Wildman–Crippen MR) is 85.6 cm³/mol. The standard InChI is InChI=1S/C17H20BrN/c1-17(2)10-11-19(14-6-4-3-5-7-14)16-12-13(18)8-9-15(16)17/h4,6,8-12,14H,3,5,7H2,1-2H3. The van der Waals surface area contributed by atoms with E-state index in [2.05, 4.69) is 77.3 Å². The molecule has 100 valence electrons. The van der Waals surface area contributed by atoms with Crippen molar-refractivity contribution >= 4 is 21.6 Å². The van der Waals surface area contributed by atoms with Crippen LogP contribution in [0.2, 0.25) is 0 Å². The van der Waals surface area contributed by atoms with E-state index in [0.717, 1.165) is 4.47 Å². The molecule has 3 rings (SSSR count). The van der Waals surface area contributed by atoms with Crippen LogP contribution >= 0.6 is 15.9 Å². The summed E-state index contributed by atoms with van der Waals surface area (Å²) in [5, 5.41) is 0. The molecule has 19 heavy (non-hydrogen) atoms. The predicted octanol–water partition coefficient (Wildman–Crippen LogP) is 5.17. The molecule has 1 unspecified atom stereocenters. The second kappa shape index (κ2) is 4.82. The average molecular weight is 318 g/mol. The summed E-state index contributed by atoms with van der Waals surface area (Å²) in [6.45, 7) is 4.56. The molecule has 1 aromatic carbocycles. The number of nitrogens with zero attached hydrogens (tertiary/aromatic N) is 1. The Morgan fingerprint density at radius 3 is 2.89 bits per heavy atom. The number of hydrogen-bond acceptors (Lipinski definition) is 1. The summed E-state index contributed by atoms with van der Waals surface area (Å²) < 4.78 is 1.15. The lowest BCUT2D eigenvalue weighted by molar-refractivity contribution is 0.597. The number of allylic oxidation sites excluding steroid dienone is 2. The van der Waals surface area contributed by atoms with Gasteiger partial charge in [-0.15, -0.1) is 0 Å². The molecule has 1 heterocycles. The molecule has 0 spiro atoms. The van der Waals surface area contributed by atoms with E-state index in [1.807, 2.05) is 0 Å². The Morgan fingerprint density at radius 2 is 2.16 bits per heavy atom. The lowest BCUT2D eigenvalue weighted by atomic mass is 9.81. The Balaban J connectivity index is 2.06. The van der Waals surface area contributed by atoms with Gasteiger partial charge in [-0.25, -0.2) is 0 Å². The van der Waals surface area contributed by atoms with Crippen LogP contribution in [0.15, 0.2) is 47.1 Å². The van der Waals surface area contributed by atoms with E-state index in [1.165, 1.54) is 30.5 Å². The molecule has 0 aromatic heterocycles. The van der Waals surface area contributed by atoms with Gasteiger partial charge in [-0.3, -0.25) is 0 Å². The minimum atomic E-state index is 0.116. The van der Waals surface area contributed by atoms with Crippen LogP contribution in [0, 0.1) is 0 Å². The van der Waals surface area contributed by atoms with Crippen LogP contribution in [0.1, 0.15) is 38.7 Å². The van der Waals surface area contributed by atoms with Crippen molar-refractivity contribution in [3.63, 3.8) is 0 Å². The molecule has 0 saturated heterocycles. The van der Waals surface area contributed by atoms with Crippen LogP contribution < -0.4 is 4.90 Å². The van der Waals surface area contributed by atoms with Crippen LogP contribution in [-0.2, 0) is 5.41 Å². The van der Waals surface area contributed by atoms with Gasteiger partial charge in [-0.05, 0) is 37.0 Å². The average Bonchev–Trinajstić information content (AvgIpc) is 2.39. The van der Waals surface area contributed by atoms with E-state index in [-0.39, 0.29) is 5.41 Å². The Hall–Kier alpha value is -1.02. The molecule has 1 aromatic rings. The van der Waals surface area contributed by atoms with E-state index < -0.39 is 0 Å². The first kappa shape index (κ1) is 13.0. The van der Waals surface area contributed by atoms with E-state index >= 15 is 0 Å². The smallest absolute Gasteiger partial charge is 0.0516 e. The van der Waals surface area contributed by atoms with Gasteiger partial charge in [-0.1, -0.05) is 54.1 Å². The minimum absolute atomic E-state index is 0.116. The maximum atomic E-state index is 3.61. The van der Waals surface area contributed by atoms with Gasteiger partial charge in [0.15, 0.2) is 0 Å². The lowest BCUT2D eigenvalue weighted by Gasteiger charge is -2.39. The van der Waals surface area contributed by atoms with Crippen molar-refractivity contribution in [2.75, 3.05) is 4.90 Å². The largest absolute Gasteiger partial charge is 0.341 e. The van der Waals surface area contributed by atoms with Crippen LogP contribution in [0.5, 0.6) is 0 Å². The van der Waals surface area contributed by atoms with Gasteiger partial charge < -0.3 is 4.90 Å². The fourth-order valence-electron chi connectivity index (χ4n) is 3.02. The summed E-state index contributed by atoms with van der Waals surface area (Å²) in [5.74, 6) is 0. The molecule has 1 aliphatic heterocycles. The lowest BCUT2D eigenvalue weighted by Crippen LogP contribution is -2.35. The highest BCUT2D eigenvalue weighted by Gasteiger charge is 2.29. The van der Waals surface area contributed by atoms with Gasteiger partial charge in [0.25, 0.3) is 0 Å². The monoisotopic (exact) mass is 317 g/mol. The number of hydrogen-bond donors (Lipinski definition) is 0. The number of halogens is 1. The molecule has 0 fully saturated rings. The quantitative estimate of drug-likeness (QED) is 0.646. The summed E-state index contributed by atoms with van der Waals surface area (Å²) in [7, 11) is 0. The highest BCUT2D eigenvalue weighted by molar-refractivity contribution is 9.10. The molecule has 0 amide bonds. The van der Waals surface area contributed by atoms with Gasteiger partial charge in [0, 0.05) is 21.8 Å². The first-order valence-corrected chi connectivity index (χ1v) is 7.82. The molecule has 0 saturated carbocycles. The molecule has 1 aliphatic carbocycles. The van der Waals surface area contributed by atoms with Crippen molar-refractivity contribution in [3.8, 4) is 0 Å². The fourth-order valence-corrected chi connectivity index (χ4v) is 3.36. The van der Waals surface area contributed by atoms with E-state index in [0.29, 0.717) is 6.04 Å². The second-order valence-corrected chi connectivity index (χ2v) is 6.95. The summed E-state index contributed by atoms with van der Waals surface area (Å²) in [6, 6.07) is 7.16. The Bertz CT molecular complexity index is 542. The van der Waals surface area contributed by atoms with Gasteiger partial charge in [0.2, 0.25) is 0 Å². The zero-order valence-electron chi connectivity index (χ0n) is 11.6. The molecule has 1 nitrogen and oxygen atoms in total. The molecule has 2 heteroatoms. The molecule has 0 bridgehead atoms. The van der Waals surface area contributed by atoms with Crippen molar-refractivity contribution in [1.82, 2.24) is 0 Å². The number of fused-ring (bicyclic) bond motifs is 1. The van der Waals surface area contributed by atoms with E-state index in [9.17, 15) is 0 Å². The van der Waals surface area contributed by atoms with Gasteiger partial charge in [-0.2, -0.15) is 0 Å². The Kier molecular flexibility index (Phi) is 3.30. The first-order chi connectivity index (χ1) is 9.08. The zero-order valence-corrected chi connectivity index (χ0v) is 13.2. The third kappa shape index (κ3) is 2.38. The van der Waals surface area contributed by atoms with Crippen molar-refractivity contribution in [2.24, 2.45) is 0 Å². The van der Waals surface area contributed by atoms with Crippen LogP contribution in [0.3, 0.4) is 0 Å². The Labute approximate surface area is 124 Å². The van der Waals surface area contributed by atoms with Crippen molar-refractivity contribution in [2.45, 2.75) is 44.6 Å². The number of benzene rings is 1. The normalized spacial score (nSPS) is 24.4. The maximum absolute atomic E-state index is 3.61. The summed E-state index contributed by atoms with van der Waals surface area (Å²) in [4.78, 5) is 2.43. The summed E-state index contributed by atoms with van der Waals surface area (Å²) in [6.07, 6.45) is 13.0. The molecule has 0 radical (unpaired) electrons. The van der Waals surface area contributed by atoms with Crippen LogP contribution in [0.4, 0.5) is 5.69 Å². The maximum Gasteiger partial charge on any atom is 0.0516 e. The van der Waals surface area contributed by atoms with Gasteiger partial charge in [0.1, 0.15) is 0 Å². The molecule has 1 atom stereocenters. The van der Waals surface area contributed by atoms with E-state index in [1.54, 1.807) is 0 Å². The molecule has 0 N–H and O–H groups in total. The molecule has 2 aliphatic rings. The minimum Gasteiger partial charge on any atom is -0.341 e. The van der Waals surface area contributed by atoms with Crippen molar-refractivity contribution in [3.05, 3.63) is 52.7 Å². The Morgan fingerprint density at radius 1 is 1.32 bits per heavy atom. The van der Waals surface area contributed by atoms with E-state index in [4.69, 9.17) is 0 Å². The molecular weight excluding hydrogens is 298 g/mol. The van der Waals surface area contributed by atoms with Crippen LogP contribution in [0.25, 0.3) is 0 Å². The van der Waals surface area contributed by atoms with Crippen LogP contribution in [-0.4, -0.2) is 6.04 Å². The number of anilines is 1. The van der Waals surface area contributed by atoms with Crippen molar-refractivity contribution < 1.29 is 0 Å². The van der Waals surface area contributed by atoms with Crippen molar-refractivity contribution in [1.29, 1.82) is 0 Å².